The van der Waals surface area contributed by atoms with Gasteiger partial charge in [-0.3, -0.25) is 14.4 Å². The molecule has 0 aromatic carbocycles. The van der Waals surface area contributed by atoms with Gasteiger partial charge in [0.25, 0.3) is 0 Å². The van der Waals surface area contributed by atoms with Crippen molar-refractivity contribution in [2.45, 2.75) is 58.0 Å². The number of ether oxygens (including phenoxy) is 4. The molecule has 1 N–H and O–H groups in total. The number of carbonyl (C=O) groups is 3. The van der Waals surface area contributed by atoms with Crippen molar-refractivity contribution in [3.8, 4) is 0 Å². The highest BCUT2D eigenvalue weighted by molar-refractivity contribution is 6.15. The Balaban J connectivity index is 1.75. The van der Waals surface area contributed by atoms with Crippen molar-refractivity contribution in [2.24, 2.45) is 34.0 Å². The standard InChI is InChI=1S/C23H30O8/c1-11-13-7-14(25)16-22(8-13,18(11)26)20(27)30-10-23(16)15(31-12(2)24)5-6-21(3)9-29-19(28-4)17(21)23/h13-17,19,25H,1,5-10H2,2-4H3. The number of cyclic esters (lactones) is 1. The Morgan fingerprint density at radius 3 is 2.68 bits per heavy atom. The molecular formula is C23H30O8. The lowest BCUT2D eigenvalue weighted by Crippen LogP contribution is -2.71. The summed E-state index contributed by atoms with van der Waals surface area (Å²) in [6.45, 7) is 7.77. The van der Waals surface area contributed by atoms with Crippen LogP contribution in [0, 0.1) is 34.0 Å². The summed E-state index contributed by atoms with van der Waals surface area (Å²) in [5, 5.41) is 11.4. The summed E-state index contributed by atoms with van der Waals surface area (Å²) in [6.07, 6.45) is -0.311. The van der Waals surface area contributed by atoms with Crippen LogP contribution >= 0.6 is 0 Å². The second-order valence-corrected chi connectivity index (χ2v) is 10.4. The second-order valence-electron chi connectivity index (χ2n) is 10.4. The van der Waals surface area contributed by atoms with Crippen LogP contribution in [0.2, 0.25) is 0 Å². The van der Waals surface area contributed by atoms with Crippen LogP contribution in [0.15, 0.2) is 12.2 Å². The Kier molecular flexibility index (Phi) is 4.51. The van der Waals surface area contributed by atoms with Gasteiger partial charge in [-0.25, -0.2) is 0 Å². The van der Waals surface area contributed by atoms with Crippen molar-refractivity contribution in [1.29, 1.82) is 0 Å². The molecule has 2 saturated heterocycles. The quantitative estimate of drug-likeness (QED) is 0.395. The van der Waals surface area contributed by atoms with E-state index >= 15 is 0 Å². The first kappa shape index (κ1) is 21.1. The molecule has 170 valence electrons. The molecule has 0 amide bonds. The molecule has 8 nitrogen and oxygen atoms in total. The molecule has 0 aromatic heterocycles. The zero-order chi connectivity index (χ0) is 22.3. The monoisotopic (exact) mass is 434 g/mol. The van der Waals surface area contributed by atoms with Crippen LogP contribution in [0.5, 0.6) is 0 Å². The van der Waals surface area contributed by atoms with Gasteiger partial charge in [-0.05, 0) is 42.6 Å². The first-order valence-electron chi connectivity index (χ1n) is 11.0. The van der Waals surface area contributed by atoms with E-state index in [9.17, 15) is 19.5 Å². The summed E-state index contributed by atoms with van der Waals surface area (Å²) in [4.78, 5) is 38.8. The van der Waals surface area contributed by atoms with Crippen LogP contribution in [0.1, 0.15) is 39.5 Å². The largest absolute Gasteiger partial charge is 0.464 e. The molecule has 9 unspecified atom stereocenters. The molecule has 2 heterocycles. The van der Waals surface area contributed by atoms with Crippen molar-refractivity contribution >= 4 is 17.7 Å². The molecule has 3 aliphatic carbocycles. The SMILES string of the molecule is C=C1C(=O)C23CC1CC(O)C2C1(COC3=O)C(OC(C)=O)CCC2(C)COC(OC)C21. The van der Waals surface area contributed by atoms with Crippen LogP contribution < -0.4 is 0 Å². The van der Waals surface area contributed by atoms with Gasteiger partial charge in [-0.15, -0.1) is 0 Å². The third kappa shape index (κ3) is 2.44. The lowest BCUT2D eigenvalue weighted by atomic mass is 9.43. The molecule has 5 fully saturated rings. The first-order valence-corrected chi connectivity index (χ1v) is 11.0. The van der Waals surface area contributed by atoms with E-state index in [1.165, 1.54) is 6.92 Å². The van der Waals surface area contributed by atoms with Crippen LogP contribution in [0.25, 0.3) is 0 Å². The van der Waals surface area contributed by atoms with Gasteiger partial charge in [0.2, 0.25) is 0 Å². The number of carbonyl (C=O) groups excluding carboxylic acids is 3. The number of methoxy groups -OCH3 is 1. The fourth-order valence-electron chi connectivity index (χ4n) is 7.85. The van der Waals surface area contributed by atoms with Crippen LogP contribution in [0.4, 0.5) is 0 Å². The number of hydrogen-bond acceptors (Lipinski definition) is 8. The van der Waals surface area contributed by atoms with Gasteiger partial charge in [0.05, 0.1) is 18.1 Å². The molecule has 2 bridgehead atoms. The maximum absolute atomic E-state index is 13.5. The Bertz CT molecular complexity index is 868. The predicted octanol–water partition coefficient (Wildman–Crippen LogP) is 1.39. The summed E-state index contributed by atoms with van der Waals surface area (Å²) >= 11 is 0. The normalized spacial score (nSPS) is 50.8. The van der Waals surface area contributed by atoms with Crippen molar-refractivity contribution in [3.63, 3.8) is 0 Å². The number of fused-ring (bicyclic) bond motifs is 4. The van der Waals surface area contributed by atoms with Crippen molar-refractivity contribution < 1.29 is 38.4 Å². The number of hydrogen-bond donors (Lipinski definition) is 1. The Morgan fingerprint density at radius 2 is 2.00 bits per heavy atom. The average molecular weight is 434 g/mol. The van der Waals surface area contributed by atoms with Gasteiger partial charge >= 0.3 is 11.9 Å². The van der Waals surface area contributed by atoms with Gasteiger partial charge in [0.1, 0.15) is 18.1 Å². The number of esters is 2. The second kappa shape index (κ2) is 6.62. The topological polar surface area (TPSA) is 108 Å². The molecular weight excluding hydrogens is 404 g/mol. The van der Waals surface area contributed by atoms with Crippen LogP contribution in [-0.4, -0.2) is 61.6 Å². The third-order valence-electron chi connectivity index (χ3n) is 8.89. The maximum atomic E-state index is 13.5. The fraction of sp³-hybridized carbons (Fsp3) is 0.783. The Hall–Kier alpha value is -1.77. The van der Waals surface area contributed by atoms with Crippen molar-refractivity contribution in [3.05, 3.63) is 12.2 Å². The fourth-order valence-corrected chi connectivity index (χ4v) is 7.85. The minimum absolute atomic E-state index is 0.0544. The maximum Gasteiger partial charge on any atom is 0.320 e. The minimum atomic E-state index is -1.50. The number of allylic oxidation sites excluding steroid dienone is 1. The molecule has 31 heavy (non-hydrogen) atoms. The molecule has 8 heteroatoms. The Labute approximate surface area is 181 Å². The third-order valence-corrected chi connectivity index (χ3v) is 8.89. The lowest BCUT2D eigenvalue weighted by Gasteiger charge is -2.63. The number of ketones is 1. The summed E-state index contributed by atoms with van der Waals surface area (Å²) < 4.78 is 23.3. The summed E-state index contributed by atoms with van der Waals surface area (Å²) in [6, 6.07) is 0. The smallest absolute Gasteiger partial charge is 0.320 e. The van der Waals surface area contributed by atoms with E-state index in [1.807, 2.05) is 0 Å². The highest BCUT2D eigenvalue weighted by Gasteiger charge is 2.78. The molecule has 2 spiro atoms. The highest BCUT2D eigenvalue weighted by Crippen LogP contribution is 2.70. The number of aliphatic hydroxyl groups excluding tert-OH is 1. The summed E-state index contributed by atoms with van der Waals surface area (Å²) in [5.74, 6) is -2.73. The van der Waals surface area contributed by atoms with E-state index in [-0.39, 0.29) is 36.1 Å². The predicted molar refractivity (Wildman–Crippen MR) is 105 cm³/mol. The van der Waals surface area contributed by atoms with Gasteiger partial charge < -0.3 is 24.1 Å². The number of Topliss-reactive ketones (excluding diaryl/α,β-unsaturated/α-hetero) is 1. The first-order chi connectivity index (χ1) is 14.6. The van der Waals surface area contributed by atoms with Crippen LogP contribution in [-0.2, 0) is 33.3 Å². The molecule has 2 aliphatic heterocycles. The van der Waals surface area contributed by atoms with Gasteiger partial charge in [-0.1, -0.05) is 13.5 Å². The number of rotatable bonds is 2. The Morgan fingerprint density at radius 1 is 1.26 bits per heavy atom. The molecule has 5 aliphatic rings. The van der Waals surface area contributed by atoms with E-state index in [0.717, 1.165) is 6.42 Å². The molecule has 5 rings (SSSR count). The van der Waals surface area contributed by atoms with Crippen LogP contribution in [0.3, 0.4) is 0 Å². The zero-order valence-electron chi connectivity index (χ0n) is 18.2. The van der Waals surface area contributed by atoms with Crippen molar-refractivity contribution in [1.82, 2.24) is 0 Å². The molecule has 3 saturated carbocycles. The minimum Gasteiger partial charge on any atom is -0.464 e. The summed E-state index contributed by atoms with van der Waals surface area (Å²) in [5.41, 5.74) is -2.47. The zero-order valence-corrected chi connectivity index (χ0v) is 18.2. The van der Waals surface area contributed by atoms with Gasteiger partial charge in [0.15, 0.2) is 12.1 Å². The highest BCUT2D eigenvalue weighted by atomic mass is 16.7. The van der Waals surface area contributed by atoms with E-state index in [0.29, 0.717) is 25.0 Å². The van der Waals surface area contributed by atoms with E-state index in [1.54, 1.807) is 7.11 Å². The van der Waals surface area contributed by atoms with Crippen molar-refractivity contribution in [2.75, 3.05) is 20.3 Å². The van der Waals surface area contributed by atoms with Gasteiger partial charge in [0, 0.05) is 25.9 Å². The van der Waals surface area contributed by atoms with E-state index in [4.69, 9.17) is 18.9 Å². The molecule has 0 aromatic rings. The average Bonchev–Trinajstić information content (AvgIpc) is 3.16. The van der Waals surface area contributed by atoms with E-state index < -0.39 is 47.2 Å². The molecule has 9 atom stereocenters. The van der Waals surface area contributed by atoms with Gasteiger partial charge in [-0.2, -0.15) is 0 Å². The van der Waals surface area contributed by atoms with E-state index in [2.05, 4.69) is 13.5 Å². The summed E-state index contributed by atoms with van der Waals surface area (Å²) in [7, 11) is 1.56. The molecule has 0 radical (unpaired) electrons. The lowest BCUT2D eigenvalue weighted by molar-refractivity contribution is -0.273. The number of aliphatic hydroxyl groups is 1.